The van der Waals surface area contributed by atoms with E-state index >= 15 is 0 Å². The molecule has 2 aliphatic rings. The lowest BCUT2D eigenvalue weighted by molar-refractivity contribution is -0.142. The van der Waals surface area contributed by atoms with Crippen LogP contribution < -0.4 is 10.2 Å². The van der Waals surface area contributed by atoms with Gasteiger partial charge < -0.3 is 20.2 Å². The number of carboxylic acid groups (broad SMARTS) is 1. The van der Waals surface area contributed by atoms with Gasteiger partial charge in [0.2, 0.25) is 0 Å². The van der Waals surface area contributed by atoms with Crippen molar-refractivity contribution in [2.75, 3.05) is 24.5 Å². The zero-order chi connectivity index (χ0) is 18.7. The minimum atomic E-state index is -0.739. The Bertz CT molecular complexity index is 661. The molecule has 1 saturated heterocycles. The van der Waals surface area contributed by atoms with E-state index < -0.39 is 5.97 Å². The first-order valence-corrected chi connectivity index (χ1v) is 9.24. The number of urea groups is 1. The zero-order valence-electron chi connectivity index (χ0n) is 15.0. The number of carbonyl (C=O) groups excluding carboxylic acids is 1. The second kappa shape index (κ2) is 7.93. The third kappa shape index (κ3) is 4.26. The summed E-state index contributed by atoms with van der Waals surface area (Å²) < 4.78 is 13.4. The number of hydrogen-bond acceptors (Lipinski definition) is 3. The Balaban J connectivity index is 1.51. The molecule has 0 radical (unpaired) electrons. The molecule has 0 spiro atoms. The molecule has 1 saturated carbocycles. The third-order valence-corrected chi connectivity index (χ3v) is 5.47. The third-order valence-electron chi connectivity index (χ3n) is 5.47. The fraction of sp³-hybridized carbons (Fsp3) is 0.579. The van der Waals surface area contributed by atoms with Gasteiger partial charge in [-0.25, -0.2) is 9.18 Å². The van der Waals surface area contributed by atoms with Crippen LogP contribution in [0.1, 0.15) is 32.6 Å². The minimum Gasteiger partial charge on any atom is -0.481 e. The predicted molar refractivity (Wildman–Crippen MR) is 96.7 cm³/mol. The lowest BCUT2D eigenvalue weighted by Crippen LogP contribution is -2.58. The van der Waals surface area contributed by atoms with Crippen LogP contribution in [0.4, 0.5) is 14.9 Å². The van der Waals surface area contributed by atoms with Crippen LogP contribution in [0.15, 0.2) is 24.3 Å². The normalized spacial score (nSPS) is 26.5. The Morgan fingerprint density at radius 2 is 1.92 bits per heavy atom. The smallest absolute Gasteiger partial charge is 0.317 e. The van der Waals surface area contributed by atoms with Crippen LogP contribution in [0.25, 0.3) is 0 Å². The fourth-order valence-electron chi connectivity index (χ4n) is 3.91. The molecular weight excluding hydrogens is 337 g/mol. The number of nitrogens with one attached hydrogen (secondary N) is 1. The van der Waals surface area contributed by atoms with Gasteiger partial charge in [-0.15, -0.1) is 0 Å². The highest BCUT2D eigenvalue weighted by Gasteiger charge is 2.31. The molecule has 2 amide bonds. The molecule has 1 aliphatic heterocycles. The summed E-state index contributed by atoms with van der Waals surface area (Å²) in [5, 5.41) is 12.1. The number of rotatable bonds is 3. The highest BCUT2D eigenvalue weighted by Crippen LogP contribution is 2.25. The van der Waals surface area contributed by atoms with Gasteiger partial charge in [0.05, 0.1) is 5.92 Å². The van der Waals surface area contributed by atoms with Gasteiger partial charge in [-0.1, -0.05) is 6.07 Å². The molecule has 1 heterocycles. The number of nitrogens with zero attached hydrogens (tertiary/aromatic N) is 2. The molecule has 1 aromatic rings. The first-order chi connectivity index (χ1) is 12.4. The van der Waals surface area contributed by atoms with E-state index in [1.807, 2.05) is 17.9 Å². The van der Waals surface area contributed by atoms with Gasteiger partial charge in [0, 0.05) is 37.4 Å². The Hall–Kier alpha value is -2.31. The number of benzene rings is 1. The summed E-state index contributed by atoms with van der Waals surface area (Å²) in [4.78, 5) is 27.5. The molecule has 26 heavy (non-hydrogen) atoms. The highest BCUT2D eigenvalue weighted by molar-refractivity contribution is 5.75. The van der Waals surface area contributed by atoms with Crippen LogP contribution in [-0.4, -0.2) is 53.7 Å². The van der Waals surface area contributed by atoms with E-state index in [1.54, 1.807) is 6.07 Å². The van der Waals surface area contributed by atoms with Crippen LogP contribution in [0.5, 0.6) is 0 Å². The average Bonchev–Trinajstić information content (AvgIpc) is 2.62. The molecule has 142 valence electrons. The number of amides is 2. The van der Waals surface area contributed by atoms with Gasteiger partial charge in [-0.05, 0) is 50.8 Å². The zero-order valence-corrected chi connectivity index (χ0v) is 15.0. The number of carbonyl (C=O) groups is 2. The lowest BCUT2D eigenvalue weighted by atomic mass is 9.86. The van der Waals surface area contributed by atoms with Gasteiger partial charge in [-0.3, -0.25) is 4.79 Å². The molecule has 2 fully saturated rings. The van der Waals surface area contributed by atoms with E-state index in [9.17, 15) is 14.0 Å². The van der Waals surface area contributed by atoms with Crippen LogP contribution in [0.3, 0.4) is 0 Å². The van der Waals surface area contributed by atoms with E-state index in [1.165, 1.54) is 12.1 Å². The summed E-state index contributed by atoms with van der Waals surface area (Å²) in [6, 6.07) is 6.50. The fourth-order valence-corrected chi connectivity index (χ4v) is 3.91. The molecular formula is C19H26FN3O3. The van der Waals surface area contributed by atoms with Crippen molar-refractivity contribution in [1.29, 1.82) is 0 Å². The average molecular weight is 363 g/mol. The topological polar surface area (TPSA) is 72.9 Å². The number of anilines is 1. The Kier molecular flexibility index (Phi) is 5.64. The van der Waals surface area contributed by atoms with E-state index in [4.69, 9.17) is 5.11 Å². The first-order valence-electron chi connectivity index (χ1n) is 9.24. The highest BCUT2D eigenvalue weighted by atomic mass is 19.1. The van der Waals surface area contributed by atoms with Crippen molar-refractivity contribution in [3.63, 3.8) is 0 Å². The number of carboxylic acids is 1. The summed E-state index contributed by atoms with van der Waals surface area (Å²) in [6.07, 6.45) is 2.65. The van der Waals surface area contributed by atoms with E-state index in [-0.39, 0.29) is 29.8 Å². The van der Waals surface area contributed by atoms with E-state index in [2.05, 4.69) is 10.2 Å². The van der Waals surface area contributed by atoms with Crippen molar-refractivity contribution in [1.82, 2.24) is 10.2 Å². The Morgan fingerprint density at radius 1 is 1.19 bits per heavy atom. The quantitative estimate of drug-likeness (QED) is 0.866. The van der Waals surface area contributed by atoms with Crippen molar-refractivity contribution >= 4 is 17.7 Å². The van der Waals surface area contributed by atoms with Crippen molar-refractivity contribution in [3.05, 3.63) is 30.1 Å². The summed E-state index contributed by atoms with van der Waals surface area (Å²) in [6.45, 7) is 3.88. The van der Waals surface area contributed by atoms with Crippen LogP contribution in [0, 0.1) is 11.7 Å². The molecule has 0 aromatic heterocycles. The standard InChI is InChI=1S/C19H26FN3O3/c1-13-12-22(17-4-2-3-15(20)11-17)9-10-23(13)19(26)21-16-7-5-14(6-8-16)18(24)25/h2-4,11,13-14,16H,5-10,12H2,1H3,(H,21,26)(H,24,25). The summed E-state index contributed by atoms with van der Waals surface area (Å²) in [7, 11) is 0. The molecule has 2 N–H and O–H groups in total. The lowest BCUT2D eigenvalue weighted by Gasteiger charge is -2.41. The number of hydrogen-bond donors (Lipinski definition) is 2. The van der Waals surface area contributed by atoms with Gasteiger partial charge in [0.25, 0.3) is 0 Å². The van der Waals surface area contributed by atoms with Crippen molar-refractivity contribution < 1.29 is 19.1 Å². The monoisotopic (exact) mass is 363 g/mol. The van der Waals surface area contributed by atoms with Crippen molar-refractivity contribution in [2.24, 2.45) is 5.92 Å². The maximum absolute atomic E-state index is 13.4. The maximum atomic E-state index is 13.4. The van der Waals surface area contributed by atoms with Gasteiger partial charge in [-0.2, -0.15) is 0 Å². The molecule has 1 unspecified atom stereocenters. The van der Waals surface area contributed by atoms with Crippen molar-refractivity contribution in [3.8, 4) is 0 Å². The van der Waals surface area contributed by atoms with Crippen LogP contribution in [0.2, 0.25) is 0 Å². The Labute approximate surface area is 153 Å². The van der Waals surface area contributed by atoms with Gasteiger partial charge >= 0.3 is 12.0 Å². The number of aliphatic carboxylic acids is 1. The predicted octanol–water partition coefficient (Wildman–Crippen LogP) is 2.69. The first kappa shape index (κ1) is 18.5. The molecule has 6 nitrogen and oxygen atoms in total. The summed E-state index contributed by atoms with van der Waals surface area (Å²) in [5.74, 6) is -1.28. The minimum absolute atomic E-state index is 0.0161. The van der Waals surface area contributed by atoms with Gasteiger partial charge in [0.1, 0.15) is 5.82 Å². The molecule has 1 aliphatic carbocycles. The van der Waals surface area contributed by atoms with Crippen LogP contribution >= 0.6 is 0 Å². The SMILES string of the molecule is CC1CN(c2cccc(F)c2)CCN1C(=O)NC1CCC(C(=O)O)CC1. The summed E-state index contributed by atoms with van der Waals surface area (Å²) in [5.41, 5.74) is 0.837. The second-order valence-electron chi connectivity index (χ2n) is 7.30. The Morgan fingerprint density at radius 3 is 2.54 bits per heavy atom. The second-order valence-corrected chi connectivity index (χ2v) is 7.30. The number of halogens is 1. The van der Waals surface area contributed by atoms with Crippen molar-refractivity contribution in [2.45, 2.75) is 44.7 Å². The van der Waals surface area contributed by atoms with E-state index in [0.717, 1.165) is 5.69 Å². The molecule has 7 heteroatoms. The van der Waals surface area contributed by atoms with E-state index in [0.29, 0.717) is 45.3 Å². The van der Waals surface area contributed by atoms with Gasteiger partial charge in [0.15, 0.2) is 0 Å². The maximum Gasteiger partial charge on any atom is 0.317 e. The number of piperazine rings is 1. The summed E-state index contributed by atoms with van der Waals surface area (Å²) >= 11 is 0. The molecule has 1 atom stereocenters. The van der Waals surface area contributed by atoms with Crippen LogP contribution in [-0.2, 0) is 4.79 Å². The molecule has 3 rings (SSSR count). The largest absolute Gasteiger partial charge is 0.481 e. The molecule has 1 aromatic carbocycles. The molecule has 0 bridgehead atoms.